The van der Waals surface area contributed by atoms with Crippen LogP contribution in [-0.2, 0) is 0 Å². The summed E-state index contributed by atoms with van der Waals surface area (Å²) in [4.78, 5) is 17.6. The van der Waals surface area contributed by atoms with E-state index in [0.29, 0.717) is 28.9 Å². The summed E-state index contributed by atoms with van der Waals surface area (Å²) < 4.78 is 13.7. The largest absolute Gasteiger partial charge is 0.497 e. The van der Waals surface area contributed by atoms with Crippen molar-refractivity contribution >= 4 is 33.3 Å². The zero-order valence-electron chi connectivity index (χ0n) is 18.4. The van der Waals surface area contributed by atoms with E-state index in [1.54, 1.807) is 23.9 Å². The van der Waals surface area contributed by atoms with Crippen LogP contribution < -0.4 is 14.8 Å². The Morgan fingerprint density at radius 2 is 2.00 bits per heavy atom. The predicted octanol–water partition coefficient (Wildman–Crippen LogP) is 5.62. The van der Waals surface area contributed by atoms with Crippen molar-refractivity contribution in [1.82, 2.24) is 14.8 Å². The van der Waals surface area contributed by atoms with E-state index in [9.17, 15) is 4.79 Å². The number of carbonyl (C=O) groups is 1. The van der Waals surface area contributed by atoms with Gasteiger partial charge in [-0.25, -0.2) is 4.98 Å². The number of aromatic nitrogens is 3. The van der Waals surface area contributed by atoms with Gasteiger partial charge in [-0.2, -0.15) is 9.78 Å². The van der Waals surface area contributed by atoms with Gasteiger partial charge in [0.05, 0.1) is 29.6 Å². The molecule has 32 heavy (non-hydrogen) atoms. The average molecular weight is 451 g/mol. The molecule has 0 saturated heterocycles. The van der Waals surface area contributed by atoms with Crippen molar-refractivity contribution in [2.24, 2.45) is 0 Å². The number of carbonyl (C=O) groups excluding carboxylic acids is 1. The van der Waals surface area contributed by atoms with Gasteiger partial charge in [-0.3, -0.25) is 4.79 Å². The van der Waals surface area contributed by atoms with Crippen LogP contribution in [-0.4, -0.2) is 34.4 Å². The maximum atomic E-state index is 12.9. The topological polar surface area (TPSA) is 78.3 Å². The fraction of sp³-hybridized carbons (Fsp3) is 0.292. The van der Waals surface area contributed by atoms with Gasteiger partial charge in [-0.05, 0) is 49.7 Å². The Morgan fingerprint density at radius 1 is 1.12 bits per heavy atom. The number of thiazole rings is 1. The van der Waals surface area contributed by atoms with Crippen LogP contribution in [0.4, 0.5) is 5.82 Å². The Bertz CT molecular complexity index is 1230. The van der Waals surface area contributed by atoms with Crippen LogP contribution in [0, 0.1) is 6.92 Å². The van der Waals surface area contributed by atoms with Gasteiger partial charge in [-0.1, -0.05) is 37.2 Å². The lowest BCUT2D eigenvalue weighted by molar-refractivity contribution is 0.102. The first kappa shape index (κ1) is 21.8. The molecule has 1 amide bonds. The van der Waals surface area contributed by atoms with Crippen LogP contribution in [0.5, 0.6) is 11.5 Å². The van der Waals surface area contributed by atoms with Gasteiger partial charge in [0.25, 0.3) is 5.91 Å². The van der Waals surface area contributed by atoms with Crippen LogP contribution in [0.25, 0.3) is 15.3 Å². The molecule has 0 unspecified atom stereocenters. The van der Waals surface area contributed by atoms with Crippen LogP contribution in [0.3, 0.4) is 0 Å². The Morgan fingerprint density at radius 3 is 2.81 bits per heavy atom. The van der Waals surface area contributed by atoms with Crippen LogP contribution in [0.15, 0.2) is 48.5 Å². The first-order valence-corrected chi connectivity index (χ1v) is 11.4. The smallest absolute Gasteiger partial charge is 0.256 e. The summed E-state index contributed by atoms with van der Waals surface area (Å²) in [5, 5.41) is 8.17. The number of fused-ring (bicyclic) bond motifs is 1. The van der Waals surface area contributed by atoms with E-state index >= 15 is 0 Å². The number of ether oxygens (including phenoxy) is 2. The molecule has 0 aliphatic rings. The van der Waals surface area contributed by atoms with E-state index in [2.05, 4.69) is 22.3 Å². The monoisotopic (exact) mass is 450 g/mol. The Hall–Kier alpha value is -3.39. The fourth-order valence-corrected chi connectivity index (χ4v) is 4.26. The maximum Gasteiger partial charge on any atom is 0.256 e. The molecule has 0 spiro atoms. The van der Waals surface area contributed by atoms with Crippen LogP contribution >= 0.6 is 11.3 Å². The van der Waals surface area contributed by atoms with Gasteiger partial charge in [0.1, 0.15) is 17.3 Å². The normalized spacial score (nSPS) is 11.0. The summed E-state index contributed by atoms with van der Waals surface area (Å²) in [7, 11) is 1.64. The summed E-state index contributed by atoms with van der Waals surface area (Å²) >= 11 is 1.48. The Labute approximate surface area is 191 Å². The molecule has 8 heteroatoms. The molecule has 0 radical (unpaired) electrons. The van der Waals surface area contributed by atoms with Crippen molar-refractivity contribution in [2.45, 2.75) is 33.1 Å². The molecular weight excluding hydrogens is 424 g/mol. The maximum absolute atomic E-state index is 12.9. The number of benzene rings is 2. The molecule has 0 aliphatic heterocycles. The number of nitrogens with one attached hydrogen (secondary N) is 1. The highest BCUT2D eigenvalue weighted by molar-refractivity contribution is 7.20. The lowest BCUT2D eigenvalue weighted by atomic mass is 10.2. The molecule has 2 aromatic heterocycles. The summed E-state index contributed by atoms with van der Waals surface area (Å²) in [6, 6.07) is 14.8. The molecule has 7 nitrogen and oxygen atoms in total. The van der Waals surface area contributed by atoms with E-state index in [1.165, 1.54) is 11.3 Å². The van der Waals surface area contributed by atoms with E-state index in [4.69, 9.17) is 9.47 Å². The molecule has 0 aliphatic carbocycles. The minimum absolute atomic E-state index is 0.229. The zero-order valence-corrected chi connectivity index (χ0v) is 19.2. The molecule has 0 saturated carbocycles. The highest BCUT2D eigenvalue weighted by Gasteiger charge is 2.16. The number of methoxy groups -OCH3 is 1. The summed E-state index contributed by atoms with van der Waals surface area (Å²) in [5.41, 5.74) is 2.16. The first-order valence-electron chi connectivity index (χ1n) is 10.6. The first-order chi connectivity index (χ1) is 15.6. The third-order valence-electron chi connectivity index (χ3n) is 4.95. The predicted molar refractivity (Wildman–Crippen MR) is 127 cm³/mol. The molecule has 4 aromatic rings. The van der Waals surface area contributed by atoms with Crippen molar-refractivity contribution in [3.8, 4) is 16.6 Å². The van der Waals surface area contributed by atoms with Crippen LogP contribution in [0.2, 0.25) is 0 Å². The molecular formula is C24H26N4O3S. The second kappa shape index (κ2) is 9.82. The van der Waals surface area contributed by atoms with Gasteiger partial charge >= 0.3 is 0 Å². The Balaban J connectivity index is 1.54. The van der Waals surface area contributed by atoms with E-state index < -0.39 is 0 Å². The highest BCUT2D eigenvalue weighted by Crippen LogP contribution is 2.30. The van der Waals surface area contributed by atoms with Gasteiger partial charge in [-0.15, -0.1) is 0 Å². The fourth-order valence-electron chi connectivity index (χ4n) is 3.30. The highest BCUT2D eigenvalue weighted by atomic mass is 32.1. The number of hydrogen-bond acceptors (Lipinski definition) is 6. The van der Waals surface area contributed by atoms with Gasteiger partial charge in [0, 0.05) is 11.6 Å². The summed E-state index contributed by atoms with van der Waals surface area (Å²) in [6.45, 7) is 4.68. The summed E-state index contributed by atoms with van der Waals surface area (Å²) in [6.07, 6.45) is 3.27. The quantitative estimate of drug-likeness (QED) is 0.335. The van der Waals surface area contributed by atoms with Crippen molar-refractivity contribution < 1.29 is 14.3 Å². The second-order valence-corrected chi connectivity index (χ2v) is 8.46. The van der Waals surface area contributed by atoms with Gasteiger partial charge in [0.2, 0.25) is 5.13 Å². The molecule has 1 N–H and O–H groups in total. The molecule has 166 valence electrons. The number of nitrogens with zero attached hydrogens (tertiary/aromatic N) is 3. The number of rotatable bonds is 9. The second-order valence-electron chi connectivity index (χ2n) is 7.45. The van der Waals surface area contributed by atoms with Gasteiger partial charge in [0.15, 0.2) is 0 Å². The molecule has 0 atom stereocenters. The van der Waals surface area contributed by atoms with E-state index in [1.807, 2.05) is 43.3 Å². The standard InChI is InChI=1S/C24H26N4O3S/c1-4-5-6-12-31-19-9-7-8-17(14-19)23(29)26-22-13-16(2)27-28(22)24-25-20-11-10-18(30-3)15-21(20)32-24/h7-11,13-15H,4-6,12H2,1-3H3,(H,26,29). The molecule has 4 rings (SSSR count). The third kappa shape index (κ3) is 4.91. The van der Waals surface area contributed by atoms with Crippen molar-refractivity contribution in [1.29, 1.82) is 0 Å². The van der Waals surface area contributed by atoms with Crippen molar-refractivity contribution in [3.05, 3.63) is 59.8 Å². The molecule has 0 fully saturated rings. The summed E-state index contributed by atoms with van der Waals surface area (Å²) in [5.74, 6) is 1.80. The number of amides is 1. The van der Waals surface area contributed by atoms with Crippen molar-refractivity contribution in [2.75, 3.05) is 19.0 Å². The van der Waals surface area contributed by atoms with Crippen LogP contribution in [0.1, 0.15) is 42.2 Å². The molecule has 0 bridgehead atoms. The van der Waals surface area contributed by atoms with E-state index in [-0.39, 0.29) is 5.91 Å². The van der Waals surface area contributed by atoms with Crippen molar-refractivity contribution in [3.63, 3.8) is 0 Å². The minimum atomic E-state index is -0.229. The number of aryl methyl sites for hydroxylation is 1. The number of unbranched alkanes of at least 4 members (excludes halogenated alkanes) is 2. The molecule has 2 aromatic carbocycles. The SMILES string of the molecule is CCCCCOc1cccc(C(=O)Nc2cc(C)nn2-c2nc3ccc(OC)cc3s2)c1. The van der Waals surface area contributed by atoms with Gasteiger partial charge < -0.3 is 14.8 Å². The van der Waals surface area contributed by atoms with E-state index in [0.717, 1.165) is 40.9 Å². The third-order valence-corrected chi connectivity index (χ3v) is 5.95. The number of anilines is 1. The lowest BCUT2D eigenvalue weighted by Crippen LogP contribution is -2.15. The molecule has 2 heterocycles. The average Bonchev–Trinajstić information content (AvgIpc) is 3.39. The number of hydrogen-bond donors (Lipinski definition) is 1. The minimum Gasteiger partial charge on any atom is -0.497 e. The lowest BCUT2D eigenvalue weighted by Gasteiger charge is -2.09. The Kier molecular flexibility index (Phi) is 6.70. The zero-order chi connectivity index (χ0) is 22.5.